The number of rotatable bonds is 6. The van der Waals surface area contributed by atoms with Crippen LogP contribution in [0.2, 0.25) is 0 Å². The largest absolute Gasteiger partial charge is 0.339 e. The molecule has 1 amide bonds. The number of nitrogens with zero attached hydrogens (tertiary/aromatic N) is 2. The fourth-order valence-electron chi connectivity index (χ4n) is 3.15. The van der Waals surface area contributed by atoms with Crippen LogP contribution in [0.3, 0.4) is 0 Å². The normalized spacial score (nSPS) is 16.9. The number of sulfonamides is 2. The molecule has 11 heteroatoms. The van der Waals surface area contributed by atoms with E-state index in [0.717, 1.165) is 12.1 Å². The molecule has 1 aliphatic heterocycles. The first kappa shape index (κ1) is 22.3. The second kappa shape index (κ2) is 8.80. The van der Waals surface area contributed by atoms with Gasteiger partial charge in [-0.2, -0.15) is 9.03 Å². The molecule has 3 rings (SSSR count). The lowest BCUT2D eigenvalue weighted by atomic mass is 10.2. The maximum Gasteiger partial charge on any atom is 0.243 e. The molecule has 30 heavy (non-hydrogen) atoms. The summed E-state index contributed by atoms with van der Waals surface area (Å²) in [6.07, 6.45) is 0. The molecule has 1 saturated heterocycles. The summed E-state index contributed by atoms with van der Waals surface area (Å²) in [6.45, 7) is 1.71. The van der Waals surface area contributed by atoms with Crippen molar-refractivity contribution in [2.24, 2.45) is 0 Å². The van der Waals surface area contributed by atoms with Crippen LogP contribution in [0.4, 0.5) is 4.39 Å². The number of hydrogen-bond acceptors (Lipinski definition) is 5. The SMILES string of the molecule is C[C@H](NS(=O)(=O)c1ccccc1)C(=O)N1CCN(S(=O)(=O)c2cccc(F)c2)CC1. The summed E-state index contributed by atoms with van der Waals surface area (Å²) in [5.41, 5.74) is 0. The van der Waals surface area contributed by atoms with Gasteiger partial charge in [0.05, 0.1) is 15.8 Å². The minimum absolute atomic E-state index is 0.0305. The maximum atomic E-state index is 13.4. The van der Waals surface area contributed by atoms with E-state index in [1.165, 1.54) is 40.4 Å². The van der Waals surface area contributed by atoms with Gasteiger partial charge < -0.3 is 4.90 Å². The summed E-state index contributed by atoms with van der Waals surface area (Å²) >= 11 is 0. The van der Waals surface area contributed by atoms with Gasteiger partial charge in [-0.15, -0.1) is 0 Å². The number of benzene rings is 2. The van der Waals surface area contributed by atoms with Crippen molar-refractivity contribution in [2.75, 3.05) is 26.2 Å². The van der Waals surface area contributed by atoms with Crippen molar-refractivity contribution in [1.82, 2.24) is 13.9 Å². The molecule has 0 saturated carbocycles. The van der Waals surface area contributed by atoms with Crippen molar-refractivity contribution in [3.8, 4) is 0 Å². The highest BCUT2D eigenvalue weighted by Gasteiger charge is 2.32. The van der Waals surface area contributed by atoms with E-state index in [-0.39, 0.29) is 36.0 Å². The Labute approximate surface area is 175 Å². The van der Waals surface area contributed by atoms with Crippen molar-refractivity contribution in [2.45, 2.75) is 22.8 Å². The van der Waals surface area contributed by atoms with Crippen LogP contribution in [-0.2, 0) is 24.8 Å². The lowest BCUT2D eigenvalue weighted by molar-refractivity contribution is -0.133. The van der Waals surface area contributed by atoms with Gasteiger partial charge in [-0.25, -0.2) is 21.2 Å². The minimum Gasteiger partial charge on any atom is -0.339 e. The van der Waals surface area contributed by atoms with Gasteiger partial charge in [0.1, 0.15) is 5.82 Å². The molecular formula is C19H22FN3O5S2. The Morgan fingerprint density at radius 1 is 0.933 bits per heavy atom. The molecule has 0 bridgehead atoms. The Hall–Kier alpha value is -2.34. The molecule has 2 aromatic rings. The van der Waals surface area contributed by atoms with Gasteiger partial charge in [-0.05, 0) is 37.3 Å². The van der Waals surface area contributed by atoms with Crippen LogP contribution >= 0.6 is 0 Å². The Bertz CT molecular complexity index is 1120. The van der Waals surface area contributed by atoms with Gasteiger partial charge in [0.25, 0.3) is 0 Å². The standard InChI is InChI=1S/C19H22FN3O5S2/c1-15(21-29(25,26)17-7-3-2-4-8-17)19(24)22-10-12-23(13-11-22)30(27,28)18-9-5-6-16(20)14-18/h2-9,14-15,21H,10-13H2,1H3/t15-/m0/s1. The van der Waals surface area contributed by atoms with E-state index >= 15 is 0 Å². The van der Waals surface area contributed by atoms with E-state index in [2.05, 4.69) is 4.72 Å². The summed E-state index contributed by atoms with van der Waals surface area (Å²) in [7, 11) is -7.73. The molecule has 8 nitrogen and oxygen atoms in total. The predicted octanol–water partition coefficient (Wildman–Crippen LogP) is 1.03. The lowest BCUT2D eigenvalue weighted by Crippen LogP contribution is -2.55. The molecule has 0 unspecified atom stereocenters. The molecule has 2 aromatic carbocycles. The first-order valence-corrected chi connectivity index (χ1v) is 12.2. The van der Waals surface area contributed by atoms with Crippen LogP contribution in [0.25, 0.3) is 0 Å². The molecule has 1 fully saturated rings. The zero-order valence-electron chi connectivity index (χ0n) is 16.2. The monoisotopic (exact) mass is 455 g/mol. The highest BCUT2D eigenvalue weighted by molar-refractivity contribution is 7.89. The van der Waals surface area contributed by atoms with Crippen LogP contribution in [0.15, 0.2) is 64.4 Å². The fraction of sp³-hybridized carbons (Fsp3) is 0.316. The lowest BCUT2D eigenvalue weighted by Gasteiger charge is -2.35. The number of piperazine rings is 1. The average molecular weight is 456 g/mol. The number of carbonyl (C=O) groups excluding carboxylic acids is 1. The van der Waals surface area contributed by atoms with Gasteiger partial charge in [0.2, 0.25) is 26.0 Å². The Morgan fingerprint density at radius 2 is 1.53 bits per heavy atom. The van der Waals surface area contributed by atoms with Gasteiger partial charge in [0.15, 0.2) is 0 Å². The molecule has 0 radical (unpaired) electrons. The van der Waals surface area contributed by atoms with Gasteiger partial charge >= 0.3 is 0 Å². The number of carbonyl (C=O) groups is 1. The summed E-state index contributed by atoms with van der Waals surface area (Å²) in [4.78, 5) is 14.0. The van der Waals surface area contributed by atoms with Gasteiger partial charge in [0, 0.05) is 26.2 Å². The smallest absolute Gasteiger partial charge is 0.243 e. The first-order chi connectivity index (χ1) is 14.1. The van der Waals surface area contributed by atoms with E-state index in [1.807, 2.05) is 0 Å². The number of amides is 1. The average Bonchev–Trinajstić information content (AvgIpc) is 2.73. The van der Waals surface area contributed by atoms with Gasteiger partial charge in [-0.1, -0.05) is 24.3 Å². The molecule has 1 aliphatic rings. The molecule has 1 heterocycles. The Kier molecular flexibility index (Phi) is 6.56. The van der Waals surface area contributed by atoms with Crippen molar-refractivity contribution < 1.29 is 26.0 Å². The molecule has 0 aliphatic carbocycles. The van der Waals surface area contributed by atoms with E-state index in [4.69, 9.17) is 0 Å². The van der Waals surface area contributed by atoms with Crippen molar-refractivity contribution in [3.05, 3.63) is 60.4 Å². The topological polar surface area (TPSA) is 104 Å². The van der Waals surface area contributed by atoms with Crippen molar-refractivity contribution in [3.63, 3.8) is 0 Å². The third-order valence-electron chi connectivity index (χ3n) is 4.74. The summed E-state index contributed by atoms with van der Waals surface area (Å²) in [5, 5.41) is 0. The number of hydrogen-bond donors (Lipinski definition) is 1. The van der Waals surface area contributed by atoms with E-state index in [0.29, 0.717) is 0 Å². The third-order valence-corrected chi connectivity index (χ3v) is 8.19. The maximum absolute atomic E-state index is 13.4. The first-order valence-electron chi connectivity index (χ1n) is 9.23. The van der Waals surface area contributed by atoms with Crippen LogP contribution in [-0.4, -0.2) is 64.2 Å². The minimum atomic E-state index is -3.87. The van der Waals surface area contributed by atoms with Crippen LogP contribution in [0, 0.1) is 5.82 Å². The zero-order chi connectivity index (χ0) is 21.9. The van der Waals surface area contributed by atoms with Crippen LogP contribution in [0.5, 0.6) is 0 Å². The number of nitrogens with one attached hydrogen (secondary N) is 1. The molecular weight excluding hydrogens is 433 g/mol. The summed E-state index contributed by atoms with van der Waals surface area (Å²) < 4.78 is 67.0. The molecule has 0 spiro atoms. The highest BCUT2D eigenvalue weighted by Crippen LogP contribution is 2.19. The van der Waals surface area contributed by atoms with Crippen molar-refractivity contribution in [1.29, 1.82) is 0 Å². The summed E-state index contributed by atoms with van der Waals surface area (Å²) in [5.74, 6) is -1.10. The molecule has 1 N–H and O–H groups in total. The van der Waals surface area contributed by atoms with E-state index in [9.17, 15) is 26.0 Å². The molecule has 1 atom stereocenters. The van der Waals surface area contributed by atoms with Crippen LogP contribution in [0.1, 0.15) is 6.92 Å². The Morgan fingerprint density at radius 3 is 2.13 bits per heavy atom. The zero-order valence-corrected chi connectivity index (χ0v) is 17.9. The van der Waals surface area contributed by atoms with E-state index < -0.39 is 37.8 Å². The quantitative estimate of drug-likeness (QED) is 0.701. The highest BCUT2D eigenvalue weighted by atomic mass is 32.2. The molecule has 0 aromatic heterocycles. The second-order valence-corrected chi connectivity index (χ2v) is 10.5. The third kappa shape index (κ3) is 4.86. The van der Waals surface area contributed by atoms with Crippen LogP contribution < -0.4 is 4.72 Å². The predicted molar refractivity (Wildman–Crippen MR) is 108 cm³/mol. The number of halogens is 1. The summed E-state index contributed by atoms with van der Waals surface area (Å²) in [6, 6.07) is 11.4. The van der Waals surface area contributed by atoms with Gasteiger partial charge in [-0.3, -0.25) is 4.79 Å². The fourth-order valence-corrected chi connectivity index (χ4v) is 5.82. The van der Waals surface area contributed by atoms with Crippen molar-refractivity contribution >= 4 is 26.0 Å². The Balaban J connectivity index is 1.62. The molecule has 162 valence electrons. The second-order valence-electron chi connectivity index (χ2n) is 6.84. The van der Waals surface area contributed by atoms with E-state index in [1.54, 1.807) is 18.2 Å².